The summed E-state index contributed by atoms with van der Waals surface area (Å²) in [6.07, 6.45) is 7.11. The summed E-state index contributed by atoms with van der Waals surface area (Å²) in [6.45, 7) is 0.652. The third-order valence-corrected chi connectivity index (χ3v) is 6.84. The number of anilines is 2. The van der Waals surface area contributed by atoms with Crippen molar-refractivity contribution in [2.45, 2.75) is 17.7 Å². The normalized spacial score (nSPS) is 13.9. The van der Waals surface area contributed by atoms with Crippen LogP contribution in [0.4, 0.5) is 20.3 Å². The molecule has 10 nitrogen and oxygen atoms in total. The van der Waals surface area contributed by atoms with Gasteiger partial charge in [0.05, 0.1) is 28.4 Å². The van der Waals surface area contributed by atoms with Crippen LogP contribution >= 0.6 is 0 Å². The maximum atomic E-state index is 15.3. The Bertz CT molecular complexity index is 1530. The van der Waals surface area contributed by atoms with E-state index in [0.717, 1.165) is 31.2 Å². The second-order valence-corrected chi connectivity index (χ2v) is 9.72. The summed E-state index contributed by atoms with van der Waals surface area (Å²) in [5.41, 5.74) is -1.19. The maximum Gasteiger partial charge on any atom is 0.265 e. The molecular formula is C21H19F2N7O3S. The SMILES string of the molecule is Cn1cc(S(=O)(=O)Nc2ccc(F)c(C(=O)c3c[nH]c4ncnc(NCC5CC5)c34)c2F)cn1. The summed E-state index contributed by atoms with van der Waals surface area (Å²) < 4.78 is 58.5. The van der Waals surface area contributed by atoms with Crippen molar-refractivity contribution in [3.8, 4) is 0 Å². The third kappa shape index (κ3) is 3.98. The number of ketones is 1. The van der Waals surface area contributed by atoms with Crippen LogP contribution in [0.25, 0.3) is 11.0 Å². The number of hydrogen-bond donors (Lipinski definition) is 3. The van der Waals surface area contributed by atoms with Gasteiger partial charge in [-0.2, -0.15) is 5.10 Å². The Hall–Kier alpha value is -3.87. The van der Waals surface area contributed by atoms with Crippen molar-refractivity contribution in [3.63, 3.8) is 0 Å². The molecule has 0 radical (unpaired) electrons. The first-order valence-electron chi connectivity index (χ1n) is 10.3. The Balaban J connectivity index is 1.53. The number of hydrogen-bond acceptors (Lipinski definition) is 7. The summed E-state index contributed by atoms with van der Waals surface area (Å²) >= 11 is 0. The highest BCUT2D eigenvalue weighted by atomic mass is 32.2. The average Bonchev–Trinajstić information content (AvgIpc) is 3.34. The predicted molar refractivity (Wildman–Crippen MR) is 119 cm³/mol. The molecule has 1 aromatic carbocycles. The lowest BCUT2D eigenvalue weighted by molar-refractivity contribution is 0.103. The first-order valence-corrected chi connectivity index (χ1v) is 11.8. The molecule has 0 saturated heterocycles. The number of fused-ring (bicyclic) bond motifs is 1. The van der Waals surface area contributed by atoms with E-state index in [4.69, 9.17) is 0 Å². The van der Waals surface area contributed by atoms with Gasteiger partial charge in [-0.3, -0.25) is 14.2 Å². The number of carbonyl (C=O) groups is 1. The van der Waals surface area contributed by atoms with E-state index in [1.807, 2.05) is 0 Å². The van der Waals surface area contributed by atoms with Gasteiger partial charge < -0.3 is 10.3 Å². The second-order valence-electron chi connectivity index (χ2n) is 8.04. The van der Waals surface area contributed by atoms with Crippen molar-refractivity contribution in [2.75, 3.05) is 16.6 Å². The molecule has 3 aromatic heterocycles. The lowest BCUT2D eigenvalue weighted by atomic mass is 10.0. The van der Waals surface area contributed by atoms with Crippen LogP contribution in [0.1, 0.15) is 28.8 Å². The Morgan fingerprint density at radius 2 is 2.06 bits per heavy atom. The van der Waals surface area contributed by atoms with E-state index in [2.05, 4.69) is 30.1 Å². The van der Waals surface area contributed by atoms with E-state index >= 15 is 4.39 Å². The Labute approximate surface area is 192 Å². The molecule has 1 saturated carbocycles. The van der Waals surface area contributed by atoms with Crippen LogP contribution in [0.3, 0.4) is 0 Å². The number of carbonyl (C=O) groups excluding carboxylic acids is 1. The van der Waals surface area contributed by atoms with Crippen molar-refractivity contribution in [3.05, 3.63) is 59.8 Å². The van der Waals surface area contributed by atoms with E-state index in [0.29, 0.717) is 29.3 Å². The molecule has 0 atom stereocenters. The molecule has 0 spiro atoms. The van der Waals surface area contributed by atoms with Gasteiger partial charge in [-0.25, -0.2) is 27.2 Å². The molecule has 5 rings (SSSR count). The number of H-pyrrole nitrogens is 1. The Kier molecular flexibility index (Phi) is 5.27. The number of nitrogens with zero attached hydrogens (tertiary/aromatic N) is 4. The fraction of sp³-hybridized carbons (Fsp3) is 0.238. The molecule has 4 aromatic rings. The van der Waals surface area contributed by atoms with E-state index < -0.39 is 38.7 Å². The van der Waals surface area contributed by atoms with Gasteiger partial charge in [0.15, 0.2) is 5.82 Å². The lowest BCUT2D eigenvalue weighted by Crippen LogP contribution is -2.16. The summed E-state index contributed by atoms with van der Waals surface area (Å²) in [5, 5.41) is 7.24. The topological polar surface area (TPSA) is 135 Å². The molecule has 1 aliphatic carbocycles. The van der Waals surface area contributed by atoms with Gasteiger partial charge in [-0.05, 0) is 30.9 Å². The highest BCUT2D eigenvalue weighted by Crippen LogP contribution is 2.32. The van der Waals surface area contributed by atoms with Gasteiger partial charge in [-0.15, -0.1) is 0 Å². The molecule has 1 aliphatic rings. The minimum atomic E-state index is -4.22. The summed E-state index contributed by atoms with van der Waals surface area (Å²) in [4.78, 5) is 24.1. The quantitative estimate of drug-likeness (QED) is 0.325. The molecule has 13 heteroatoms. The van der Waals surface area contributed by atoms with E-state index in [-0.39, 0.29) is 10.5 Å². The minimum Gasteiger partial charge on any atom is -0.369 e. The standard InChI is InChI=1S/C21H19F2N7O3S/c1-30-9-12(7-28-30)34(32,33)29-15-5-4-14(22)17(18(15)23)19(31)13-8-25-21-16(13)20(26-10-27-21)24-6-11-2-3-11/h4-5,7-11,29H,2-3,6H2,1H3,(H2,24,25,26,27). The lowest BCUT2D eigenvalue weighted by Gasteiger charge is -2.11. The molecular weight excluding hydrogens is 468 g/mol. The van der Waals surface area contributed by atoms with Crippen LogP contribution in [0.2, 0.25) is 0 Å². The smallest absolute Gasteiger partial charge is 0.265 e. The summed E-state index contributed by atoms with van der Waals surface area (Å²) in [6, 6.07) is 1.74. The summed E-state index contributed by atoms with van der Waals surface area (Å²) in [7, 11) is -2.70. The number of benzene rings is 1. The van der Waals surface area contributed by atoms with Crippen LogP contribution < -0.4 is 10.0 Å². The molecule has 0 unspecified atom stereocenters. The van der Waals surface area contributed by atoms with Gasteiger partial charge in [-0.1, -0.05) is 0 Å². The van der Waals surface area contributed by atoms with Crippen molar-refractivity contribution >= 4 is 38.3 Å². The maximum absolute atomic E-state index is 15.3. The number of sulfonamides is 1. The van der Waals surface area contributed by atoms with Crippen molar-refractivity contribution < 1.29 is 22.0 Å². The Morgan fingerprint density at radius 3 is 2.76 bits per heavy atom. The minimum absolute atomic E-state index is 0.0426. The van der Waals surface area contributed by atoms with E-state index in [9.17, 15) is 17.6 Å². The molecule has 3 heterocycles. The van der Waals surface area contributed by atoms with Gasteiger partial charge in [0.2, 0.25) is 5.78 Å². The molecule has 176 valence electrons. The largest absolute Gasteiger partial charge is 0.369 e. The van der Waals surface area contributed by atoms with Crippen LogP contribution in [0.15, 0.2) is 41.9 Å². The molecule has 3 N–H and O–H groups in total. The van der Waals surface area contributed by atoms with Gasteiger partial charge in [0.1, 0.15) is 28.5 Å². The zero-order valence-corrected chi connectivity index (χ0v) is 18.7. The van der Waals surface area contributed by atoms with Crippen LogP contribution in [0.5, 0.6) is 0 Å². The number of rotatable bonds is 8. The second kappa shape index (κ2) is 8.17. The first-order chi connectivity index (χ1) is 16.2. The Morgan fingerprint density at radius 1 is 1.26 bits per heavy atom. The first kappa shape index (κ1) is 21.9. The van der Waals surface area contributed by atoms with Crippen molar-refractivity contribution in [1.82, 2.24) is 24.7 Å². The zero-order chi connectivity index (χ0) is 24.0. The molecule has 0 aliphatic heterocycles. The zero-order valence-electron chi connectivity index (χ0n) is 17.8. The van der Waals surface area contributed by atoms with Gasteiger partial charge in [0.25, 0.3) is 10.0 Å². The fourth-order valence-corrected chi connectivity index (χ4v) is 4.60. The van der Waals surface area contributed by atoms with Crippen LogP contribution in [-0.4, -0.2) is 45.5 Å². The van der Waals surface area contributed by atoms with Crippen molar-refractivity contribution in [1.29, 1.82) is 0 Å². The number of aromatic amines is 1. The monoisotopic (exact) mass is 487 g/mol. The van der Waals surface area contributed by atoms with Crippen LogP contribution in [0, 0.1) is 17.6 Å². The highest BCUT2D eigenvalue weighted by Gasteiger charge is 2.28. The average molecular weight is 487 g/mol. The predicted octanol–water partition coefficient (Wildman–Crippen LogP) is 2.82. The highest BCUT2D eigenvalue weighted by molar-refractivity contribution is 7.92. The number of halogens is 2. The molecule has 0 amide bonds. The van der Waals surface area contributed by atoms with Crippen LogP contribution in [-0.2, 0) is 17.1 Å². The number of nitrogens with one attached hydrogen (secondary N) is 3. The van der Waals surface area contributed by atoms with Crippen molar-refractivity contribution in [2.24, 2.45) is 13.0 Å². The van der Waals surface area contributed by atoms with Gasteiger partial charge >= 0.3 is 0 Å². The molecule has 1 fully saturated rings. The molecule has 0 bridgehead atoms. The molecule has 34 heavy (non-hydrogen) atoms. The number of aromatic nitrogens is 5. The van der Waals surface area contributed by atoms with E-state index in [1.54, 1.807) is 0 Å². The number of aryl methyl sites for hydroxylation is 1. The fourth-order valence-electron chi connectivity index (χ4n) is 3.55. The summed E-state index contributed by atoms with van der Waals surface area (Å²) in [5.74, 6) is -2.56. The van der Waals surface area contributed by atoms with E-state index in [1.165, 1.54) is 30.5 Å². The van der Waals surface area contributed by atoms with Gasteiger partial charge in [0, 0.05) is 26.0 Å². The third-order valence-electron chi connectivity index (χ3n) is 5.52.